The number of rotatable bonds is 11. The molecule has 3 rings (SSSR count). The number of nitrogens with one attached hydrogen (secondary N) is 1. The van der Waals surface area contributed by atoms with Crippen LogP contribution >= 0.6 is 0 Å². The van der Waals surface area contributed by atoms with Crippen molar-refractivity contribution in [2.75, 3.05) is 31.3 Å². The number of unbranched alkanes of at least 4 members (excludes halogenated alkanes) is 1. The number of anilines is 2. The number of halogens is 1. The van der Waals surface area contributed by atoms with Gasteiger partial charge in [-0.05, 0) is 36.7 Å². The topological polar surface area (TPSA) is 114 Å². The van der Waals surface area contributed by atoms with Gasteiger partial charge in [-0.2, -0.15) is 0 Å². The lowest BCUT2D eigenvalue weighted by Crippen LogP contribution is -2.44. The second-order valence-electron chi connectivity index (χ2n) is 8.60. The second kappa shape index (κ2) is 12.2. The number of methoxy groups -OCH3 is 1. The van der Waals surface area contributed by atoms with Gasteiger partial charge in [0.15, 0.2) is 17.3 Å². The van der Waals surface area contributed by atoms with E-state index in [-0.39, 0.29) is 36.9 Å². The summed E-state index contributed by atoms with van der Waals surface area (Å²) in [5.74, 6) is -0.803. The van der Waals surface area contributed by atoms with Crippen LogP contribution in [0.4, 0.5) is 15.9 Å². The Labute approximate surface area is 208 Å². The van der Waals surface area contributed by atoms with Gasteiger partial charge >= 0.3 is 5.69 Å². The molecule has 1 amide bonds. The zero-order valence-corrected chi connectivity index (χ0v) is 20.8. The summed E-state index contributed by atoms with van der Waals surface area (Å²) in [7, 11) is 3.11. The fourth-order valence-electron chi connectivity index (χ4n) is 3.93. The van der Waals surface area contributed by atoms with Gasteiger partial charge in [-0.3, -0.25) is 28.9 Å². The van der Waals surface area contributed by atoms with Crippen LogP contribution in [0.3, 0.4) is 0 Å². The Hall–Kier alpha value is -3.92. The normalized spacial score (nSPS) is 11.0. The van der Waals surface area contributed by atoms with E-state index in [1.54, 1.807) is 18.0 Å². The summed E-state index contributed by atoms with van der Waals surface area (Å²) in [6.07, 6.45) is 1.51. The SMILES string of the molecule is CCCCn1c(N)c(N(Cc2ccccc2)C(=O)CN(C)Cc2ccc(OC)c(F)c2)c(=O)[nH]c1=O. The maximum absolute atomic E-state index is 14.1. The molecule has 1 heterocycles. The molecule has 3 aromatic rings. The van der Waals surface area contributed by atoms with E-state index in [4.69, 9.17) is 10.5 Å². The highest BCUT2D eigenvalue weighted by molar-refractivity contribution is 5.96. The quantitative estimate of drug-likeness (QED) is 0.421. The van der Waals surface area contributed by atoms with Crippen molar-refractivity contribution >= 4 is 17.4 Å². The Morgan fingerprint density at radius 2 is 1.83 bits per heavy atom. The predicted octanol–water partition coefficient (Wildman–Crippen LogP) is 2.73. The van der Waals surface area contributed by atoms with Gasteiger partial charge in [-0.1, -0.05) is 49.7 Å². The molecule has 0 aliphatic heterocycles. The van der Waals surface area contributed by atoms with Crippen LogP contribution in [-0.2, 0) is 24.4 Å². The van der Waals surface area contributed by atoms with E-state index >= 15 is 0 Å². The minimum atomic E-state index is -0.727. The van der Waals surface area contributed by atoms with Gasteiger partial charge in [-0.15, -0.1) is 0 Å². The highest BCUT2D eigenvalue weighted by Gasteiger charge is 2.25. The summed E-state index contributed by atoms with van der Waals surface area (Å²) in [4.78, 5) is 44.1. The highest BCUT2D eigenvalue weighted by atomic mass is 19.1. The summed E-state index contributed by atoms with van der Waals surface area (Å²) >= 11 is 0. The molecule has 0 spiro atoms. The Balaban J connectivity index is 1.92. The molecule has 192 valence electrons. The van der Waals surface area contributed by atoms with Gasteiger partial charge in [0.1, 0.15) is 5.82 Å². The molecule has 1 aromatic heterocycles. The van der Waals surface area contributed by atoms with Crippen LogP contribution in [-0.4, -0.2) is 41.1 Å². The van der Waals surface area contributed by atoms with Gasteiger partial charge in [0.2, 0.25) is 5.91 Å². The van der Waals surface area contributed by atoms with Gasteiger partial charge in [0.05, 0.1) is 20.2 Å². The number of aromatic nitrogens is 2. The van der Waals surface area contributed by atoms with Crippen LogP contribution in [0.25, 0.3) is 0 Å². The predicted molar refractivity (Wildman–Crippen MR) is 138 cm³/mol. The number of amides is 1. The summed E-state index contributed by atoms with van der Waals surface area (Å²) in [5.41, 5.74) is 6.34. The third-order valence-electron chi connectivity index (χ3n) is 5.78. The number of carbonyl (C=O) groups is 1. The average molecular weight is 498 g/mol. The van der Waals surface area contributed by atoms with Crippen LogP contribution in [0, 0.1) is 5.82 Å². The number of nitrogens with zero attached hydrogens (tertiary/aromatic N) is 3. The maximum Gasteiger partial charge on any atom is 0.330 e. The molecule has 0 radical (unpaired) electrons. The number of H-pyrrole nitrogens is 1. The number of ether oxygens (including phenoxy) is 1. The standard InChI is InChI=1S/C26H32FN5O4/c1-4-5-13-31-24(28)23(25(34)29-26(31)35)32(16-18-9-7-6-8-10-18)22(33)17-30(2)15-19-11-12-21(36-3)20(27)14-19/h6-12,14H,4-5,13,15-17,28H2,1-3H3,(H,29,34,35). The molecule has 0 aliphatic rings. The zero-order chi connectivity index (χ0) is 26.2. The summed E-state index contributed by atoms with van der Waals surface area (Å²) in [6.45, 7) is 2.59. The fraction of sp³-hybridized carbons (Fsp3) is 0.346. The highest BCUT2D eigenvalue weighted by Crippen LogP contribution is 2.21. The smallest absolute Gasteiger partial charge is 0.330 e. The number of likely N-dealkylation sites (N-methyl/N-ethyl adjacent to an activating group) is 1. The van der Waals surface area contributed by atoms with Gasteiger partial charge in [0.25, 0.3) is 5.56 Å². The van der Waals surface area contributed by atoms with E-state index in [9.17, 15) is 18.8 Å². The molecule has 0 saturated heterocycles. The maximum atomic E-state index is 14.1. The zero-order valence-electron chi connectivity index (χ0n) is 20.8. The number of nitrogens with two attached hydrogens (primary N) is 1. The molecule has 2 aromatic carbocycles. The van der Waals surface area contributed by atoms with E-state index in [0.717, 1.165) is 12.0 Å². The van der Waals surface area contributed by atoms with Crippen LogP contribution < -0.4 is 26.6 Å². The van der Waals surface area contributed by atoms with Crippen molar-refractivity contribution < 1.29 is 13.9 Å². The van der Waals surface area contributed by atoms with Gasteiger partial charge in [0, 0.05) is 13.1 Å². The Kier molecular flexibility index (Phi) is 9.02. The van der Waals surface area contributed by atoms with Crippen molar-refractivity contribution in [2.45, 2.75) is 39.4 Å². The minimum absolute atomic E-state index is 0.0543. The molecule has 0 atom stereocenters. The molecule has 0 aliphatic carbocycles. The molecule has 3 N–H and O–H groups in total. The number of benzene rings is 2. The van der Waals surface area contributed by atoms with Crippen molar-refractivity contribution in [2.24, 2.45) is 0 Å². The lowest BCUT2D eigenvalue weighted by molar-refractivity contribution is -0.119. The molecule has 0 saturated carbocycles. The summed E-state index contributed by atoms with van der Waals surface area (Å²) in [6, 6.07) is 13.8. The lowest BCUT2D eigenvalue weighted by atomic mass is 10.2. The largest absolute Gasteiger partial charge is 0.494 e. The van der Waals surface area contributed by atoms with Crippen LogP contribution in [0.2, 0.25) is 0 Å². The average Bonchev–Trinajstić information content (AvgIpc) is 2.83. The molecule has 0 unspecified atom stereocenters. The van der Waals surface area contributed by atoms with Crippen molar-refractivity contribution in [3.63, 3.8) is 0 Å². The molecule has 36 heavy (non-hydrogen) atoms. The molecule has 9 nitrogen and oxygen atoms in total. The van der Waals surface area contributed by atoms with E-state index in [0.29, 0.717) is 18.5 Å². The van der Waals surface area contributed by atoms with Crippen molar-refractivity contribution in [3.05, 3.63) is 86.3 Å². The van der Waals surface area contributed by atoms with Gasteiger partial charge in [-0.25, -0.2) is 9.18 Å². The van der Waals surface area contributed by atoms with Crippen molar-refractivity contribution in [3.8, 4) is 5.75 Å². The van der Waals surface area contributed by atoms with Crippen LogP contribution in [0.1, 0.15) is 30.9 Å². The number of carbonyl (C=O) groups excluding carboxylic acids is 1. The first-order valence-electron chi connectivity index (χ1n) is 11.7. The van der Waals surface area contributed by atoms with Gasteiger partial charge < -0.3 is 10.5 Å². The number of hydrogen-bond donors (Lipinski definition) is 2. The van der Waals surface area contributed by atoms with Crippen LogP contribution in [0.15, 0.2) is 58.1 Å². The first-order valence-corrected chi connectivity index (χ1v) is 11.7. The van der Waals surface area contributed by atoms with E-state index < -0.39 is 23.0 Å². The Morgan fingerprint density at radius 1 is 1.11 bits per heavy atom. The number of hydrogen-bond acceptors (Lipinski definition) is 6. The number of nitrogen functional groups attached to an aromatic ring is 1. The third kappa shape index (κ3) is 6.39. The van der Waals surface area contributed by atoms with E-state index in [1.807, 2.05) is 37.3 Å². The summed E-state index contributed by atoms with van der Waals surface area (Å²) < 4.78 is 20.3. The van der Waals surface area contributed by atoms with Crippen molar-refractivity contribution in [1.82, 2.24) is 14.5 Å². The van der Waals surface area contributed by atoms with Crippen molar-refractivity contribution in [1.29, 1.82) is 0 Å². The first-order chi connectivity index (χ1) is 17.2. The third-order valence-corrected chi connectivity index (χ3v) is 5.78. The molecule has 0 bridgehead atoms. The molecule has 10 heteroatoms. The Bertz CT molecular complexity index is 1310. The first kappa shape index (κ1) is 26.7. The monoisotopic (exact) mass is 497 g/mol. The Morgan fingerprint density at radius 3 is 2.47 bits per heavy atom. The lowest BCUT2D eigenvalue weighted by Gasteiger charge is -2.27. The van der Waals surface area contributed by atoms with Crippen LogP contribution in [0.5, 0.6) is 5.75 Å². The molecular weight excluding hydrogens is 465 g/mol. The fourth-order valence-corrected chi connectivity index (χ4v) is 3.93. The summed E-state index contributed by atoms with van der Waals surface area (Å²) in [5, 5.41) is 0. The molecular formula is C26H32FN5O4. The van der Waals surface area contributed by atoms with E-state index in [2.05, 4.69) is 4.98 Å². The van der Waals surface area contributed by atoms with E-state index in [1.165, 1.54) is 28.7 Å². The minimum Gasteiger partial charge on any atom is -0.494 e. The second-order valence-corrected chi connectivity index (χ2v) is 8.60. The molecule has 0 fully saturated rings. The number of aromatic amines is 1.